The molecule has 1 aromatic carbocycles. The van der Waals surface area contributed by atoms with Crippen molar-refractivity contribution in [2.75, 3.05) is 13.7 Å². The molecule has 0 aliphatic carbocycles. The van der Waals surface area contributed by atoms with Crippen molar-refractivity contribution in [3.63, 3.8) is 0 Å². The first-order chi connectivity index (χ1) is 8.58. The third-order valence-electron chi connectivity index (χ3n) is 2.04. The summed E-state index contributed by atoms with van der Waals surface area (Å²) in [6.07, 6.45) is 1.50. The molecule has 0 saturated heterocycles. The van der Waals surface area contributed by atoms with Gasteiger partial charge in [-0.3, -0.25) is 0 Å². The van der Waals surface area contributed by atoms with E-state index in [4.69, 9.17) is 28.7 Å². The number of ether oxygens (including phenoxy) is 1. The van der Waals surface area contributed by atoms with Crippen LogP contribution >= 0.6 is 23.2 Å². The largest absolute Gasteiger partial charge is 0.466 e. The van der Waals surface area contributed by atoms with Gasteiger partial charge in [0.25, 0.3) is 0 Å². The summed E-state index contributed by atoms with van der Waals surface area (Å²) in [5.74, 6) is -0.576. The average molecular weight is 286 g/mol. The number of methoxy groups -OCH3 is 1. The van der Waals surface area contributed by atoms with Gasteiger partial charge in [0.15, 0.2) is 0 Å². The monoisotopic (exact) mass is 285 g/mol. The van der Waals surface area contributed by atoms with Crippen molar-refractivity contribution in [1.82, 2.24) is 0 Å². The number of esters is 1. The molecule has 0 spiro atoms. The highest BCUT2D eigenvalue weighted by Gasteiger charge is 2.09. The van der Waals surface area contributed by atoms with Gasteiger partial charge in [0.1, 0.15) is 0 Å². The maximum absolute atomic E-state index is 11.5. The van der Waals surface area contributed by atoms with Crippen molar-refractivity contribution in [3.8, 4) is 0 Å². The highest BCUT2D eigenvalue weighted by atomic mass is 35.5. The highest BCUT2D eigenvalue weighted by Crippen LogP contribution is 2.23. The molecule has 0 aliphatic rings. The molecule has 0 amide bonds. The van der Waals surface area contributed by atoms with Crippen molar-refractivity contribution in [2.45, 2.75) is 0 Å². The summed E-state index contributed by atoms with van der Waals surface area (Å²) in [5, 5.41) is 4.21. The molecule has 0 aliphatic heterocycles. The van der Waals surface area contributed by atoms with E-state index in [-0.39, 0.29) is 12.1 Å². The lowest BCUT2D eigenvalue weighted by Gasteiger charge is -2.04. The van der Waals surface area contributed by atoms with E-state index in [1.165, 1.54) is 13.2 Å². The molecule has 5 nitrogen and oxygen atoms in total. The van der Waals surface area contributed by atoms with Crippen molar-refractivity contribution < 1.29 is 9.53 Å². The molecule has 0 fully saturated rings. The van der Waals surface area contributed by atoms with Crippen molar-refractivity contribution in [1.29, 1.82) is 0 Å². The van der Waals surface area contributed by atoms with Crippen LogP contribution in [0.5, 0.6) is 0 Å². The number of azide groups is 1. The van der Waals surface area contributed by atoms with Crippen LogP contribution in [0.3, 0.4) is 0 Å². The maximum atomic E-state index is 11.5. The van der Waals surface area contributed by atoms with Crippen LogP contribution < -0.4 is 0 Å². The predicted octanol–water partition coefficient (Wildman–Crippen LogP) is 3.86. The summed E-state index contributed by atoms with van der Waals surface area (Å²) in [7, 11) is 1.25. The minimum Gasteiger partial charge on any atom is -0.466 e. The van der Waals surface area contributed by atoms with Crippen molar-refractivity contribution in [3.05, 3.63) is 49.8 Å². The van der Waals surface area contributed by atoms with Gasteiger partial charge in [-0.05, 0) is 29.3 Å². The molecule has 0 unspecified atom stereocenters. The Morgan fingerprint density at radius 2 is 2.28 bits per heavy atom. The van der Waals surface area contributed by atoms with Gasteiger partial charge in [-0.15, -0.1) is 0 Å². The fraction of sp³-hybridized carbons (Fsp3) is 0.182. The molecule has 7 heteroatoms. The number of halogens is 2. The highest BCUT2D eigenvalue weighted by molar-refractivity contribution is 6.35. The summed E-state index contributed by atoms with van der Waals surface area (Å²) in [6.45, 7) is -0.109. The number of hydrogen-bond donors (Lipinski definition) is 0. The van der Waals surface area contributed by atoms with Gasteiger partial charge in [-0.25, -0.2) is 4.79 Å². The smallest absolute Gasteiger partial charge is 0.333 e. The predicted molar refractivity (Wildman–Crippen MR) is 70.5 cm³/mol. The first-order valence-electron chi connectivity index (χ1n) is 4.83. The van der Waals surface area contributed by atoms with E-state index in [0.717, 1.165) is 0 Å². The van der Waals surface area contributed by atoms with E-state index in [9.17, 15) is 4.79 Å². The molecule has 0 N–H and O–H groups in total. The molecule has 18 heavy (non-hydrogen) atoms. The van der Waals surface area contributed by atoms with Gasteiger partial charge in [-0.2, -0.15) is 0 Å². The third kappa shape index (κ3) is 3.96. The number of benzene rings is 1. The Labute approximate surface area is 114 Å². The molecule has 1 aromatic rings. The molecule has 0 bridgehead atoms. The second-order valence-corrected chi connectivity index (χ2v) is 4.06. The van der Waals surface area contributed by atoms with E-state index < -0.39 is 5.97 Å². The maximum Gasteiger partial charge on any atom is 0.333 e. The molecule has 94 valence electrons. The zero-order valence-electron chi connectivity index (χ0n) is 9.43. The number of carbonyl (C=O) groups is 1. The quantitative estimate of drug-likeness (QED) is 0.277. The fourth-order valence-corrected chi connectivity index (χ4v) is 1.68. The van der Waals surface area contributed by atoms with Crippen LogP contribution in [0.25, 0.3) is 16.5 Å². The summed E-state index contributed by atoms with van der Waals surface area (Å²) >= 11 is 11.7. The molecule has 0 aromatic heterocycles. The summed E-state index contributed by atoms with van der Waals surface area (Å²) < 4.78 is 4.59. The molecule has 0 radical (unpaired) electrons. The molecule has 1 rings (SSSR count). The topological polar surface area (TPSA) is 75.1 Å². The molecular formula is C11H9Cl2N3O2. The van der Waals surface area contributed by atoms with E-state index in [0.29, 0.717) is 15.6 Å². The van der Waals surface area contributed by atoms with Gasteiger partial charge in [0.05, 0.1) is 13.7 Å². The van der Waals surface area contributed by atoms with E-state index in [2.05, 4.69) is 14.8 Å². The first kappa shape index (κ1) is 14.4. The van der Waals surface area contributed by atoms with Crippen LogP contribution in [0, 0.1) is 0 Å². The van der Waals surface area contributed by atoms with Gasteiger partial charge in [-0.1, -0.05) is 34.4 Å². The zero-order valence-corrected chi connectivity index (χ0v) is 10.9. The number of carbonyl (C=O) groups excluding carboxylic acids is 1. The third-order valence-corrected chi connectivity index (χ3v) is 2.61. The molecular weight excluding hydrogens is 277 g/mol. The Kier molecular flexibility index (Phi) is 5.52. The Morgan fingerprint density at radius 1 is 1.56 bits per heavy atom. The van der Waals surface area contributed by atoms with Gasteiger partial charge < -0.3 is 4.74 Å². The van der Waals surface area contributed by atoms with Crippen LogP contribution in [0.2, 0.25) is 10.0 Å². The zero-order chi connectivity index (χ0) is 13.5. The van der Waals surface area contributed by atoms with Crippen molar-refractivity contribution >= 4 is 35.2 Å². The van der Waals surface area contributed by atoms with Crippen LogP contribution in [0.1, 0.15) is 5.56 Å². The van der Waals surface area contributed by atoms with E-state index >= 15 is 0 Å². The van der Waals surface area contributed by atoms with E-state index in [1.54, 1.807) is 18.2 Å². The van der Waals surface area contributed by atoms with Crippen LogP contribution in [-0.4, -0.2) is 19.6 Å². The first-order valence-corrected chi connectivity index (χ1v) is 5.59. The summed E-state index contributed by atoms with van der Waals surface area (Å²) in [4.78, 5) is 14.1. The Bertz CT molecular complexity index is 537. The van der Waals surface area contributed by atoms with Crippen LogP contribution in [0.4, 0.5) is 0 Å². The summed E-state index contributed by atoms with van der Waals surface area (Å²) in [6, 6.07) is 4.85. The second kappa shape index (κ2) is 6.91. The van der Waals surface area contributed by atoms with Crippen LogP contribution in [-0.2, 0) is 9.53 Å². The lowest BCUT2D eigenvalue weighted by Crippen LogP contribution is -2.07. The van der Waals surface area contributed by atoms with E-state index in [1.807, 2.05) is 0 Å². The standard InChI is InChI=1S/C11H9Cl2N3O2/c1-18-11(17)8(6-15-16-14)4-7-2-3-9(12)5-10(7)13/h2-5H,6H2,1H3/b8-4+. The minimum absolute atomic E-state index is 0.109. The molecule has 0 heterocycles. The van der Waals surface area contributed by atoms with Crippen LogP contribution in [0.15, 0.2) is 28.9 Å². The van der Waals surface area contributed by atoms with Gasteiger partial charge in [0.2, 0.25) is 0 Å². The van der Waals surface area contributed by atoms with Gasteiger partial charge >= 0.3 is 5.97 Å². The molecule has 0 saturated carbocycles. The second-order valence-electron chi connectivity index (χ2n) is 3.22. The lowest BCUT2D eigenvalue weighted by atomic mass is 10.1. The fourth-order valence-electron chi connectivity index (χ4n) is 1.21. The Hall–Kier alpha value is -1.68. The van der Waals surface area contributed by atoms with Gasteiger partial charge in [0, 0.05) is 20.5 Å². The SMILES string of the molecule is COC(=O)/C(=C/c1ccc(Cl)cc1Cl)CN=[N+]=[N-]. The lowest BCUT2D eigenvalue weighted by molar-refractivity contribution is -0.136. The average Bonchev–Trinajstić information content (AvgIpc) is 2.36. The molecule has 0 atom stereocenters. The van der Waals surface area contributed by atoms with Crippen molar-refractivity contribution in [2.24, 2.45) is 5.11 Å². The number of rotatable bonds is 4. The summed E-state index contributed by atoms with van der Waals surface area (Å²) in [5.41, 5.74) is 9.06. The number of nitrogens with zero attached hydrogens (tertiary/aromatic N) is 3. The number of hydrogen-bond acceptors (Lipinski definition) is 3. The Morgan fingerprint density at radius 3 is 2.83 bits per heavy atom. The Balaban J connectivity index is 3.13. The minimum atomic E-state index is -0.576. The normalized spacial score (nSPS) is 10.7.